The fourth-order valence-electron chi connectivity index (χ4n) is 3.76. The van der Waals surface area contributed by atoms with Crippen LogP contribution in [0.2, 0.25) is 5.02 Å². The number of rotatable bonds is 8. The molecule has 0 saturated carbocycles. The van der Waals surface area contributed by atoms with Crippen LogP contribution < -0.4 is 24.3 Å². The highest BCUT2D eigenvalue weighted by molar-refractivity contribution is 7.15. The molecule has 0 aliphatic carbocycles. The zero-order valence-electron chi connectivity index (χ0n) is 19.2. The average molecular weight is 507 g/mol. The van der Waals surface area contributed by atoms with Crippen LogP contribution in [0.4, 0.5) is 0 Å². The van der Waals surface area contributed by atoms with E-state index in [1.165, 1.54) is 11.3 Å². The van der Waals surface area contributed by atoms with Gasteiger partial charge in [0.05, 0.1) is 40.9 Å². The summed E-state index contributed by atoms with van der Waals surface area (Å²) in [7, 11) is 1.56. The van der Waals surface area contributed by atoms with Crippen LogP contribution in [0.15, 0.2) is 71.5 Å². The Kier molecular flexibility index (Phi) is 6.61. The molecule has 8 heteroatoms. The second-order valence-corrected chi connectivity index (χ2v) is 9.62. The first kappa shape index (κ1) is 23.2. The van der Waals surface area contributed by atoms with Crippen LogP contribution in [0.5, 0.6) is 17.2 Å². The fraction of sp³-hybridized carbons (Fsp3) is 0.185. The lowest BCUT2D eigenvalue weighted by Crippen LogP contribution is -2.22. The highest BCUT2D eigenvalue weighted by Gasteiger charge is 2.15. The van der Waals surface area contributed by atoms with Crippen molar-refractivity contribution in [2.45, 2.75) is 6.92 Å². The normalized spacial score (nSPS) is 12.8. The van der Waals surface area contributed by atoms with Crippen molar-refractivity contribution in [3.63, 3.8) is 0 Å². The third-order valence-corrected chi connectivity index (χ3v) is 6.73. The molecule has 2 aromatic heterocycles. The Labute approximate surface area is 211 Å². The van der Waals surface area contributed by atoms with Gasteiger partial charge >= 0.3 is 0 Å². The lowest BCUT2D eigenvalue weighted by atomic mass is 10.2. The van der Waals surface area contributed by atoms with Crippen LogP contribution in [-0.2, 0) is 0 Å². The van der Waals surface area contributed by atoms with Crippen LogP contribution in [-0.4, -0.2) is 29.7 Å². The van der Waals surface area contributed by atoms with Crippen molar-refractivity contribution in [2.24, 2.45) is 5.92 Å². The number of fused-ring (bicyclic) bond motifs is 3. The Hall–Kier alpha value is -3.55. The Morgan fingerprint density at radius 3 is 2.60 bits per heavy atom. The van der Waals surface area contributed by atoms with Gasteiger partial charge in [-0.3, -0.25) is 4.79 Å². The summed E-state index contributed by atoms with van der Waals surface area (Å²) in [5.41, 5.74) is 2.23. The summed E-state index contributed by atoms with van der Waals surface area (Å²) in [5, 5.41) is 0.408. The summed E-state index contributed by atoms with van der Waals surface area (Å²) < 4.78 is 19.5. The predicted molar refractivity (Wildman–Crippen MR) is 140 cm³/mol. The monoisotopic (exact) mass is 506 g/mol. The predicted octanol–water partition coefficient (Wildman–Crippen LogP) is 5.21. The molecule has 0 aliphatic heterocycles. The SMILES string of the molecule is COc1cc(C=c2sc3nc4ccccc4n3c2=O)cc(Cl)c1OC[C@@H](C)COc1ccccc1. The topological polar surface area (TPSA) is 62.1 Å². The molecule has 6 nitrogen and oxygen atoms in total. The number of benzene rings is 3. The van der Waals surface area contributed by atoms with Gasteiger partial charge in [-0.15, -0.1) is 0 Å². The lowest BCUT2D eigenvalue weighted by molar-refractivity contribution is 0.184. The standard InChI is InChI=1S/C27H23ClN2O4S/c1-17(15-33-19-8-4-3-5-9-19)16-34-25-20(28)12-18(13-23(25)32-2)14-24-26(31)30-22-11-7-6-10-21(22)29-27(30)35-24/h3-14,17H,15-16H2,1-2H3/t17-/m0/s1. The number of aromatic nitrogens is 2. The summed E-state index contributed by atoms with van der Waals surface area (Å²) in [6.07, 6.45) is 1.80. The molecule has 0 spiro atoms. The first-order valence-electron chi connectivity index (χ1n) is 11.1. The molecule has 178 valence electrons. The number of methoxy groups -OCH3 is 1. The van der Waals surface area contributed by atoms with E-state index in [4.69, 9.17) is 25.8 Å². The number of halogens is 1. The highest BCUT2D eigenvalue weighted by atomic mass is 35.5. The van der Waals surface area contributed by atoms with Gasteiger partial charge in [-0.05, 0) is 48.0 Å². The molecule has 0 aliphatic rings. The van der Waals surface area contributed by atoms with Gasteiger partial charge in [0.25, 0.3) is 5.56 Å². The maximum Gasteiger partial charge on any atom is 0.274 e. The molecule has 0 amide bonds. The molecule has 5 rings (SSSR count). The van der Waals surface area contributed by atoms with E-state index in [2.05, 4.69) is 4.98 Å². The van der Waals surface area contributed by atoms with Crippen molar-refractivity contribution in [3.05, 3.63) is 92.2 Å². The van der Waals surface area contributed by atoms with Crippen molar-refractivity contribution >= 4 is 45.0 Å². The summed E-state index contributed by atoms with van der Waals surface area (Å²) in [4.78, 5) is 18.3. The number of para-hydroxylation sites is 3. The molecule has 3 aromatic carbocycles. The number of imidazole rings is 1. The molecule has 0 fully saturated rings. The Morgan fingerprint density at radius 2 is 1.80 bits per heavy atom. The molecular weight excluding hydrogens is 484 g/mol. The number of nitrogens with zero attached hydrogens (tertiary/aromatic N) is 2. The van der Waals surface area contributed by atoms with E-state index in [9.17, 15) is 4.79 Å². The van der Waals surface area contributed by atoms with Crippen LogP contribution in [0.1, 0.15) is 12.5 Å². The summed E-state index contributed by atoms with van der Waals surface area (Å²) >= 11 is 7.90. The third-order valence-electron chi connectivity index (χ3n) is 5.48. The molecule has 0 saturated heterocycles. The zero-order chi connectivity index (χ0) is 24.4. The fourth-order valence-corrected chi connectivity index (χ4v) is 5.02. The zero-order valence-corrected chi connectivity index (χ0v) is 20.8. The minimum atomic E-state index is -0.110. The van der Waals surface area contributed by atoms with Gasteiger partial charge in [-0.25, -0.2) is 9.38 Å². The van der Waals surface area contributed by atoms with Gasteiger partial charge < -0.3 is 14.2 Å². The van der Waals surface area contributed by atoms with Gasteiger partial charge in [0.15, 0.2) is 16.5 Å². The molecule has 35 heavy (non-hydrogen) atoms. The van der Waals surface area contributed by atoms with Crippen molar-refractivity contribution < 1.29 is 14.2 Å². The van der Waals surface area contributed by atoms with E-state index in [0.29, 0.717) is 39.2 Å². The van der Waals surface area contributed by atoms with Crippen molar-refractivity contribution in [2.75, 3.05) is 20.3 Å². The second-order valence-electron chi connectivity index (χ2n) is 8.21. The molecule has 0 unspecified atom stereocenters. The van der Waals surface area contributed by atoms with Gasteiger partial charge in [0.2, 0.25) is 0 Å². The van der Waals surface area contributed by atoms with Crippen molar-refractivity contribution in [3.8, 4) is 17.2 Å². The van der Waals surface area contributed by atoms with Gasteiger partial charge in [0.1, 0.15) is 5.75 Å². The van der Waals surface area contributed by atoms with Crippen LogP contribution >= 0.6 is 22.9 Å². The van der Waals surface area contributed by atoms with Crippen molar-refractivity contribution in [1.82, 2.24) is 9.38 Å². The molecule has 5 aromatic rings. The molecular formula is C27H23ClN2O4S. The van der Waals surface area contributed by atoms with E-state index < -0.39 is 0 Å². The highest BCUT2D eigenvalue weighted by Crippen LogP contribution is 2.37. The van der Waals surface area contributed by atoms with E-state index in [1.54, 1.807) is 23.7 Å². The van der Waals surface area contributed by atoms with Crippen LogP contribution in [0, 0.1) is 5.92 Å². The van der Waals surface area contributed by atoms with Crippen LogP contribution in [0.3, 0.4) is 0 Å². The maximum atomic E-state index is 13.1. The molecule has 0 radical (unpaired) electrons. The second kappa shape index (κ2) is 9.98. The number of ether oxygens (including phenoxy) is 3. The smallest absolute Gasteiger partial charge is 0.274 e. The van der Waals surface area contributed by atoms with E-state index >= 15 is 0 Å². The Balaban J connectivity index is 1.36. The molecule has 0 bridgehead atoms. The van der Waals surface area contributed by atoms with E-state index in [-0.39, 0.29) is 11.5 Å². The number of hydrogen-bond acceptors (Lipinski definition) is 6. The van der Waals surface area contributed by atoms with Gasteiger partial charge in [0, 0.05) is 5.92 Å². The first-order valence-corrected chi connectivity index (χ1v) is 12.3. The summed E-state index contributed by atoms with van der Waals surface area (Å²) in [6.45, 7) is 2.96. The molecule has 0 N–H and O–H groups in total. The van der Waals surface area contributed by atoms with Gasteiger partial charge in [-0.2, -0.15) is 0 Å². The Bertz CT molecular complexity index is 1600. The largest absolute Gasteiger partial charge is 0.493 e. The third kappa shape index (κ3) is 4.83. The first-order chi connectivity index (χ1) is 17.0. The van der Waals surface area contributed by atoms with Gasteiger partial charge in [-0.1, -0.05) is 60.2 Å². The van der Waals surface area contributed by atoms with Crippen LogP contribution in [0.25, 0.3) is 22.1 Å². The van der Waals surface area contributed by atoms with E-state index in [1.807, 2.05) is 67.6 Å². The minimum absolute atomic E-state index is 0.110. The average Bonchev–Trinajstić information content (AvgIpc) is 3.38. The quantitative estimate of drug-likeness (QED) is 0.289. The summed E-state index contributed by atoms with van der Waals surface area (Å²) in [5.74, 6) is 1.91. The maximum absolute atomic E-state index is 13.1. The number of hydrogen-bond donors (Lipinski definition) is 0. The Morgan fingerprint density at radius 1 is 1.06 bits per heavy atom. The van der Waals surface area contributed by atoms with Crippen molar-refractivity contribution in [1.29, 1.82) is 0 Å². The minimum Gasteiger partial charge on any atom is -0.493 e. The lowest BCUT2D eigenvalue weighted by Gasteiger charge is -2.17. The molecule has 2 heterocycles. The van der Waals surface area contributed by atoms with E-state index in [0.717, 1.165) is 22.3 Å². The number of thiazole rings is 1. The summed E-state index contributed by atoms with van der Waals surface area (Å²) in [6, 6.07) is 20.8. The molecule has 1 atom stereocenters.